The van der Waals surface area contributed by atoms with Crippen LogP contribution < -0.4 is 5.32 Å². The molecule has 5 nitrogen and oxygen atoms in total. The second-order valence-electron chi connectivity index (χ2n) is 5.08. The van der Waals surface area contributed by atoms with E-state index < -0.39 is 11.6 Å². The topological polar surface area (TPSA) is 63.8 Å². The van der Waals surface area contributed by atoms with Gasteiger partial charge in [-0.3, -0.25) is 0 Å². The molecule has 1 unspecified atom stereocenters. The molecule has 21 heavy (non-hydrogen) atoms. The van der Waals surface area contributed by atoms with Crippen molar-refractivity contribution in [3.63, 3.8) is 0 Å². The van der Waals surface area contributed by atoms with E-state index in [1.54, 1.807) is 0 Å². The van der Waals surface area contributed by atoms with Crippen LogP contribution in [0.15, 0.2) is 9.90 Å². The first-order chi connectivity index (χ1) is 9.91. The number of hydrogen-bond acceptors (Lipinski definition) is 6. The van der Waals surface area contributed by atoms with Crippen molar-refractivity contribution < 1.29 is 17.7 Å². The van der Waals surface area contributed by atoms with E-state index in [2.05, 4.69) is 20.4 Å². The van der Waals surface area contributed by atoms with Gasteiger partial charge in [-0.25, -0.2) is 4.98 Å². The number of alkyl halides is 3. The molecule has 3 rings (SSSR count). The van der Waals surface area contributed by atoms with E-state index in [4.69, 9.17) is 4.52 Å². The Kier molecular flexibility index (Phi) is 3.48. The van der Waals surface area contributed by atoms with E-state index in [1.165, 1.54) is 11.3 Å². The highest BCUT2D eigenvalue weighted by atomic mass is 32.1. The van der Waals surface area contributed by atoms with Gasteiger partial charge in [-0.15, -0.1) is 11.3 Å². The summed E-state index contributed by atoms with van der Waals surface area (Å²) in [6.45, 7) is 1.90. The fraction of sp³-hybridized carbons (Fsp3) is 0.583. The standard InChI is InChI=1S/C12H13F3N4OS/c1-7-5-21-9(17-7)4-8-18-10(20-19-8)11(12(13,14)15)2-3-16-6-11/h5,16H,2-4,6H2,1H3. The molecule has 1 atom stereocenters. The maximum absolute atomic E-state index is 13.4. The zero-order valence-corrected chi connectivity index (χ0v) is 12.0. The number of aromatic nitrogens is 3. The Balaban J connectivity index is 1.86. The Morgan fingerprint density at radius 1 is 1.43 bits per heavy atom. The summed E-state index contributed by atoms with van der Waals surface area (Å²) in [4.78, 5) is 8.21. The average molecular weight is 318 g/mol. The van der Waals surface area contributed by atoms with Crippen molar-refractivity contribution in [3.05, 3.63) is 27.8 Å². The van der Waals surface area contributed by atoms with Crippen LogP contribution in [0.3, 0.4) is 0 Å². The first-order valence-electron chi connectivity index (χ1n) is 6.42. The minimum atomic E-state index is -4.42. The molecule has 0 amide bonds. The normalized spacial score (nSPS) is 22.9. The highest BCUT2D eigenvalue weighted by Gasteiger charge is 2.61. The maximum Gasteiger partial charge on any atom is 0.404 e. The van der Waals surface area contributed by atoms with Gasteiger partial charge in [-0.05, 0) is 19.9 Å². The van der Waals surface area contributed by atoms with Crippen LogP contribution in [-0.4, -0.2) is 34.4 Å². The van der Waals surface area contributed by atoms with Crippen LogP contribution in [0.2, 0.25) is 0 Å². The number of hydrogen-bond donors (Lipinski definition) is 1. The second kappa shape index (κ2) is 5.06. The van der Waals surface area contributed by atoms with Crippen molar-refractivity contribution in [1.29, 1.82) is 0 Å². The maximum atomic E-state index is 13.4. The summed E-state index contributed by atoms with van der Waals surface area (Å²) in [5, 5.41) is 9.02. The molecule has 114 valence electrons. The molecule has 1 N–H and O–H groups in total. The highest BCUT2D eigenvalue weighted by molar-refractivity contribution is 7.09. The van der Waals surface area contributed by atoms with Gasteiger partial charge in [-0.2, -0.15) is 18.2 Å². The summed E-state index contributed by atoms with van der Waals surface area (Å²) in [7, 11) is 0. The monoisotopic (exact) mass is 318 g/mol. The fourth-order valence-electron chi connectivity index (χ4n) is 2.38. The van der Waals surface area contributed by atoms with Crippen LogP contribution in [0.5, 0.6) is 0 Å². The van der Waals surface area contributed by atoms with Crippen LogP contribution >= 0.6 is 11.3 Å². The Morgan fingerprint density at radius 3 is 2.81 bits per heavy atom. The quantitative estimate of drug-likeness (QED) is 0.940. The summed E-state index contributed by atoms with van der Waals surface area (Å²) in [5.41, 5.74) is -1.21. The van der Waals surface area contributed by atoms with Gasteiger partial charge in [0.25, 0.3) is 0 Å². The van der Waals surface area contributed by atoms with Gasteiger partial charge in [0, 0.05) is 17.6 Å². The molecule has 0 aromatic carbocycles. The minimum Gasteiger partial charge on any atom is -0.338 e. The summed E-state index contributed by atoms with van der Waals surface area (Å²) < 4.78 is 45.0. The number of nitrogens with one attached hydrogen (secondary N) is 1. The van der Waals surface area contributed by atoms with E-state index in [-0.39, 0.29) is 37.6 Å². The summed E-state index contributed by atoms with van der Waals surface area (Å²) in [6, 6.07) is 0. The molecule has 3 heterocycles. The molecular weight excluding hydrogens is 305 g/mol. The summed E-state index contributed by atoms with van der Waals surface area (Å²) in [6.07, 6.45) is -4.23. The molecule has 0 aliphatic carbocycles. The Morgan fingerprint density at radius 2 is 2.24 bits per heavy atom. The molecule has 1 saturated heterocycles. The van der Waals surface area contributed by atoms with Gasteiger partial charge in [0.2, 0.25) is 5.89 Å². The van der Waals surface area contributed by atoms with Gasteiger partial charge in [-0.1, -0.05) is 5.16 Å². The lowest BCUT2D eigenvalue weighted by molar-refractivity contribution is -0.191. The lowest BCUT2D eigenvalue weighted by Gasteiger charge is -2.26. The van der Waals surface area contributed by atoms with E-state index in [9.17, 15) is 13.2 Å². The van der Waals surface area contributed by atoms with Crippen molar-refractivity contribution >= 4 is 11.3 Å². The molecular formula is C12H13F3N4OS. The SMILES string of the molecule is Cc1csc(Cc2noc(C3(C(F)(F)F)CCNC3)n2)n1. The fourth-order valence-corrected chi connectivity index (χ4v) is 3.15. The predicted molar refractivity (Wildman–Crippen MR) is 69.2 cm³/mol. The smallest absolute Gasteiger partial charge is 0.338 e. The van der Waals surface area contributed by atoms with Crippen molar-refractivity contribution in [2.24, 2.45) is 0 Å². The van der Waals surface area contributed by atoms with Crippen LogP contribution in [-0.2, 0) is 11.8 Å². The third kappa shape index (κ3) is 2.55. The van der Waals surface area contributed by atoms with Crippen LogP contribution in [0.1, 0.15) is 28.8 Å². The van der Waals surface area contributed by atoms with Gasteiger partial charge < -0.3 is 9.84 Å². The van der Waals surface area contributed by atoms with Gasteiger partial charge in [0.1, 0.15) is 5.01 Å². The number of thiazole rings is 1. The lowest BCUT2D eigenvalue weighted by atomic mass is 9.86. The second-order valence-corrected chi connectivity index (χ2v) is 6.02. The number of nitrogens with zero attached hydrogens (tertiary/aromatic N) is 3. The Hall–Kier alpha value is -1.48. The number of halogens is 3. The van der Waals surface area contributed by atoms with Crippen molar-refractivity contribution in [3.8, 4) is 0 Å². The minimum absolute atomic E-state index is 0.0888. The zero-order valence-electron chi connectivity index (χ0n) is 11.2. The largest absolute Gasteiger partial charge is 0.404 e. The Labute approximate surface area is 122 Å². The molecule has 1 fully saturated rings. The van der Waals surface area contributed by atoms with Gasteiger partial charge in [0.05, 0.1) is 6.42 Å². The predicted octanol–water partition coefficient (Wildman–Crippen LogP) is 2.22. The van der Waals surface area contributed by atoms with E-state index in [0.717, 1.165) is 10.7 Å². The average Bonchev–Trinajstić information content (AvgIpc) is 3.09. The molecule has 0 spiro atoms. The third-order valence-corrected chi connectivity index (χ3v) is 4.52. The van der Waals surface area contributed by atoms with Crippen LogP contribution in [0, 0.1) is 6.92 Å². The van der Waals surface area contributed by atoms with Crippen LogP contribution in [0.25, 0.3) is 0 Å². The van der Waals surface area contributed by atoms with E-state index >= 15 is 0 Å². The van der Waals surface area contributed by atoms with Crippen molar-refractivity contribution in [2.45, 2.75) is 31.4 Å². The van der Waals surface area contributed by atoms with Gasteiger partial charge >= 0.3 is 6.18 Å². The molecule has 9 heteroatoms. The number of aryl methyl sites for hydroxylation is 1. The third-order valence-electron chi connectivity index (χ3n) is 3.55. The molecule has 2 aromatic heterocycles. The molecule has 0 radical (unpaired) electrons. The Bertz CT molecular complexity index is 630. The van der Waals surface area contributed by atoms with Crippen LogP contribution in [0.4, 0.5) is 13.2 Å². The molecule has 0 saturated carbocycles. The molecule has 1 aliphatic heterocycles. The summed E-state index contributed by atoms with van der Waals surface area (Å²) in [5.74, 6) is -0.127. The van der Waals surface area contributed by atoms with Gasteiger partial charge in [0.15, 0.2) is 11.2 Å². The zero-order chi connectivity index (χ0) is 15.1. The lowest BCUT2D eigenvalue weighted by Crippen LogP contribution is -2.44. The van der Waals surface area contributed by atoms with Crippen molar-refractivity contribution in [1.82, 2.24) is 20.4 Å². The summed E-state index contributed by atoms with van der Waals surface area (Å²) >= 11 is 1.42. The van der Waals surface area contributed by atoms with Crippen molar-refractivity contribution in [2.75, 3.05) is 13.1 Å². The molecule has 2 aromatic rings. The molecule has 1 aliphatic rings. The first-order valence-corrected chi connectivity index (χ1v) is 7.30. The highest BCUT2D eigenvalue weighted by Crippen LogP contribution is 2.44. The first kappa shape index (κ1) is 14.5. The van der Waals surface area contributed by atoms with E-state index in [1.807, 2.05) is 12.3 Å². The number of rotatable bonds is 3. The van der Waals surface area contributed by atoms with E-state index in [0.29, 0.717) is 0 Å². The molecule has 0 bridgehead atoms.